The van der Waals surface area contributed by atoms with Gasteiger partial charge in [-0.2, -0.15) is 0 Å². The number of thiophene rings is 1. The Morgan fingerprint density at radius 1 is 1.38 bits per heavy atom. The van der Waals surface area contributed by atoms with E-state index < -0.39 is 0 Å². The van der Waals surface area contributed by atoms with Crippen LogP contribution in [0.2, 0.25) is 0 Å². The van der Waals surface area contributed by atoms with Gasteiger partial charge in [0.1, 0.15) is 0 Å². The first-order valence-electron chi connectivity index (χ1n) is 8.35. The second-order valence-corrected chi connectivity index (χ2v) is 7.37. The molecule has 0 aliphatic carbocycles. The van der Waals surface area contributed by atoms with Crippen LogP contribution in [0.5, 0.6) is 0 Å². The fourth-order valence-corrected chi connectivity index (χ4v) is 3.98. The molecular formula is C17H31N3S. The molecule has 1 N–H and O–H groups in total. The van der Waals surface area contributed by atoms with Crippen LogP contribution < -0.4 is 5.32 Å². The van der Waals surface area contributed by atoms with E-state index in [9.17, 15) is 0 Å². The van der Waals surface area contributed by atoms with Crippen LogP contribution in [0.25, 0.3) is 0 Å². The van der Waals surface area contributed by atoms with Crippen molar-refractivity contribution in [2.45, 2.75) is 44.7 Å². The summed E-state index contributed by atoms with van der Waals surface area (Å²) in [5.41, 5.74) is 0. The molecule has 0 saturated carbocycles. The van der Waals surface area contributed by atoms with E-state index in [1.165, 1.54) is 50.2 Å². The maximum atomic E-state index is 3.82. The Labute approximate surface area is 134 Å². The predicted octanol–water partition coefficient (Wildman–Crippen LogP) is 2.68. The summed E-state index contributed by atoms with van der Waals surface area (Å²) in [6.07, 6.45) is 4.94. The number of likely N-dealkylation sites (N-methyl/N-ethyl adjacent to an activating group) is 2. The smallest absolute Gasteiger partial charge is 0.0373 e. The topological polar surface area (TPSA) is 18.5 Å². The first-order valence-corrected chi connectivity index (χ1v) is 9.23. The van der Waals surface area contributed by atoms with E-state index in [1.807, 2.05) is 11.3 Å². The second kappa shape index (κ2) is 8.89. The minimum Gasteiger partial charge on any atom is -0.312 e. The fraction of sp³-hybridized carbons (Fsp3) is 0.765. The summed E-state index contributed by atoms with van der Waals surface area (Å²) in [6, 6.07) is 5.66. The molecule has 0 bridgehead atoms. The molecule has 2 unspecified atom stereocenters. The van der Waals surface area contributed by atoms with E-state index in [1.54, 1.807) is 0 Å². The van der Waals surface area contributed by atoms with Gasteiger partial charge in [-0.1, -0.05) is 13.0 Å². The highest BCUT2D eigenvalue weighted by Crippen LogP contribution is 2.17. The molecular weight excluding hydrogens is 278 g/mol. The lowest BCUT2D eigenvalue weighted by Crippen LogP contribution is -2.52. The van der Waals surface area contributed by atoms with Gasteiger partial charge in [0.05, 0.1) is 0 Å². The van der Waals surface area contributed by atoms with Crippen LogP contribution in [-0.4, -0.2) is 62.2 Å². The molecule has 2 rings (SSSR count). The van der Waals surface area contributed by atoms with E-state index in [0.717, 1.165) is 6.54 Å². The molecule has 0 spiro atoms. The van der Waals surface area contributed by atoms with Crippen molar-refractivity contribution in [3.8, 4) is 0 Å². The maximum Gasteiger partial charge on any atom is 0.0373 e. The van der Waals surface area contributed by atoms with Gasteiger partial charge >= 0.3 is 0 Å². The second-order valence-electron chi connectivity index (χ2n) is 6.34. The highest BCUT2D eigenvalue weighted by molar-refractivity contribution is 7.09. The molecule has 1 aliphatic rings. The summed E-state index contributed by atoms with van der Waals surface area (Å²) in [5, 5.41) is 6.01. The maximum absolute atomic E-state index is 3.82. The number of nitrogens with one attached hydrogen (secondary N) is 1. The molecule has 0 aromatic carbocycles. The Hall–Kier alpha value is -0.420. The van der Waals surface area contributed by atoms with Crippen LogP contribution >= 0.6 is 11.3 Å². The Balaban J connectivity index is 1.98. The summed E-state index contributed by atoms with van der Waals surface area (Å²) in [5.74, 6) is 0. The largest absolute Gasteiger partial charge is 0.312 e. The van der Waals surface area contributed by atoms with E-state index in [0.29, 0.717) is 12.1 Å². The molecule has 1 aliphatic heterocycles. The quantitative estimate of drug-likeness (QED) is 0.835. The molecule has 2 heterocycles. The SMILES string of the molecule is CCCNC(CCc1cccs1)C1CN(C)CCCN1C. The molecule has 0 amide bonds. The Bertz CT molecular complexity index is 379. The van der Waals surface area contributed by atoms with Gasteiger partial charge in [0.2, 0.25) is 0 Å². The summed E-state index contributed by atoms with van der Waals surface area (Å²) in [7, 11) is 4.57. The predicted molar refractivity (Wildman–Crippen MR) is 93.3 cm³/mol. The summed E-state index contributed by atoms with van der Waals surface area (Å²) < 4.78 is 0. The third-order valence-corrected chi connectivity index (χ3v) is 5.45. The van der Waals surface area contributed by atoms with Crippen molar-refractivity contribution in [2.24, 2.45) is 0 Å². The highest BCUT2D eigenvalue weighted by Gasteiger charge is 2.27. The molecule has 1 aromatic rings. The van der Waals surface area contributed by atoms with Crippen molar-refractivity contribution in [3.63, 3.8) is 0 Å². The van der Waals surface area contributed by atoms with Crippen LogP contribution in [0.15, 0.2) is 17.5 Å². The van der Waals surface area contributed by atoms with Crippen molar-refractivity contribution in [2.75, 3.05) is 40.3 Å². The summed E-state index contributed by atoms with van der Waals surface area (Å²) >= 11 is 1.89. The van der Waals surface area contributed by atoms with E-state index in [2.05, 4.69) is 53.6 Å². The van der Waals surface area contributed by atoms with Crippen LogP contribution in [0, 0.1) is 0 Å². The van der Waals surface area contributed by atoms with Crippen LogP contribution in [0.4, 0.5) is 0 Å². The van der Waals surface area contributed by atoms with Gasteiger partial charge in [0, 0.05) is 23.5 Å². The highest BCUT2D eigenvalue weighted by atomic mass is 32.1. The van der Waals surface area contributed by atoms with Crippen molar-refractivity contribution in [1.29, 1.82) is 0 Å². The number of aryl methyl sites for hydroxylation is 1. The van der Waals surface area contributed by atoms with Gasteiger partial charge in [-0.05, 0) is 70.9 Å². The van der Waals surface area contributed by atoms with Gasteiger partial charge in [-0.25, -0.2) is 0 Å². The summed E-state index contributed by atoms with van der Waals surface area (Å²) in [4.78, 5) is 6.59. The normalized spacial score (nSPS) is 23.1. The molecule has 120 valence electrons. The van der Waals surface area contributed by atoms with Gasteiger partial charge in [0.25, 0.3) is 0 Å². The lowest BCUT2D eigenvalue weighted by Gasteiger charge is -2.35. The third-order valence-electron chi connectivity index (χ3n) is 4.52. The van der Waals surface area contributed by atoms with Gasteiger partial charge in [0.15, 0.2) is 0 Å². The molecule has 1 saturated heterocycles. The zero-order valence-corrected chi connectivity index (χ0v) is 14.7. The Kier molecular flexibility index (Phi) is 7.17. The molecule has 0 radical (unpaired) electrons. The number of hydrogen-bond donors (Lipinski definition) is 1. The minimum absolute atomic E-state index is 0.595. The standard InChI is InChI=1S/C17H31N3S/c1-4-10-18-16(9-8-15-7-5-13-21-15)17-14-19(2)11-6-12-20(17)3/h5,7,13,16-18H,4,6,8-12,14H2,1-3H3. The molecule has 1 fully saturated rings. The Morgan fingerprint density at radius 2 is 2.24 bits per heavy atom. The lowest BCUT2D eigenvalue weighted by molar-refractivity contribution is 0.172. The molecule has 4 heteroatoms. The van der Waals surface area contributed by atoms with Crippen LogP contribution in [0.1, 0.15) is 31.1 Å². The van der Waals surface area contributed by atoms with Crippen LogP contribution in [0.3, 0.4) is 0 Å². The monoisotopic (exact) mass is 309 g/mol. The van der Waals surface area contributed by atoms with Gasteiger partial charge in [-0.3, -0.25) is 0 Å². The van der Waals surface area contributed by atoms with Crippen molar-refractivity contribution in [1.82, 2.24) is 15.1 Å². The fourth-order valence-electron chi connectivity index (χ4n) is 3.25. The van der Waals surface area contributed by atoms with Crippen molar-refractivity contribution in [3.05, 3.63) is 22.4 Å². The number of rotatable bonds is 7. The van der Waals surface area contributed by atoms with E-state index in [-0.39, 0.29) is 0 Å². The number of nitrogens with zero attached hydrogens (tertiary/aromatic N) is 2. The first-order chi connectivity index (χ1) is 10.2. The minimum atomic E-state index is 0.595. The summed E-state index contributed by atoms with van der Waals surface area (Å²) in [6.45, 7) is 7.02. The average Bonchev–Trinajstić information content (AvgIpc) is 2.93. The zero-order valence-electron chi connectivity index (χ0n) is 13.8. The molecule has 3 nitrogen and oxygen atoms in total. The number of hydrogen-bond acceptors (Lipinski definition) is 4. The van der Waals surface area contributed by atoms with Gasteiger partial charge in [-0.15, -0.1) is 11.3 Å². The first kappa shape index (κ1) is 16.9. The molecule has 21 heavy (non-hydrogen) atoms. The lowest BCUT2D eigenvalue weighted by atomic mass is 10.0. The van der Waals surface area contributed by atoms with Gasteiger partial charge < -0.3 is 15.1 Å². The average molecular weight is 310 g/mol. The van der Waals surface area contributed by atoms with E-state index >= 15 is 0 Å². The third kappa shape index (κ3) is 5.37. The van der Waals surface area contributed by atoms with Crippen LogP contribution in [-0.2, 0) is 6.42 Å². The van der Waals surface area contributed by atoms with Crippen molar-refractivity contribution < 1.29 is 0 Å². The Morgan fingerprint density at radius 3 is 2.95 bits per heavy atom. The van der Waals surface area contributed by atoms with E-state index in [4.69, 9.17) is 0 Å². The van der Waals surface area contributed by atoms with Crippen molar-refractivity contribution >= 4 is 11.3 Å². The zero-order chi connectivity index (χ0) is 15.1. The molecule has 1 aromatic heterocycles. The molecule has 2 atom stereocenters.